The Labute approximate surface area is 114 Å². The molecule has 1 rings (SSSR count). The van der Waals surface area contributed by atoms with Gasteiger partial charge in [-0.25, -0.2) is 0 Å². The number of ether oxygens (including phenoxy) is 1. The van der Waals surface area contributed by atoms with Gasteiger partial charge in [-0.2, -0.15) is 8.42 Å². The zero-order chi connectivity index (χ0) is 14.8. The SMILES string of the molecule is CC(=O)Nc1cc(S(=O)(=O)O)cc(Cl)c1OC(C)=O. The van der Waals surface area contributed by atoms with Gasteiger partial charge in [-0.05, 0) is 12.1 Å². The standard InChI is InChI=1S/C10H10ClNO6S/c1-5(13)12-9-4-7(19(15,16)17)3-8(11)10(9)18-6(2)14/h3-4H,1-2H3,(H,12,13)(H,15,16,17). The molecule has 0 aliphatic rings. The van der Waals surface area contributed by atoms with Crippen LogP contribution in [0.25, 0.3) is 0 Å². The first kappa shape index (κ1) is 15.4. The molecule has 0 aromatic heterocycles. The first-order valence-electron chi connectivity index (χ1n) is 4.88. The third kappa shape index (κ3) is 4.19. The van der Waals surface area contributed by atoms with Gasteiger partial charge < -0.3 is 10.1 Å². The zero-order valence-electron chi connectivity index (χ0n) is 9.93. The molecule has 9 heteroatoms. The molecule has 0 unspecified atom stereocenters. The first-order chi connectivity index (χ1) is 8.61. The highest BCUT2D eigenvalue weighted by molar-refractivity contribution is 7.85. The molecule has 0 atom stereocenters. The molecule has 0 spiro atoms. The summed E-state index contributed by atoms with van der Waals surface area (Å²) in [5.41, 5.74) is -0.136. The number of hydrogen-bond acceptors (Lipinski definition) is 5. The molecule has 7 nitrogen and oxygen atoms in total. The van der Waals surface area contributed by atoms with Crippen LogP contribution >= 0.6 is 11.6 Å². The lowest BCUT2D eigenvalue weighted by atomic mass is 10.3. The van der Waals surface area contributed by atoms with Crippen molar-refractivity contribution in [2.45, 2.75) is 18.7 Å². The number of carbonyl (C=O) groups excluding carboxylic acids is 2. The van der Waals surface area contributed by atoms with Gasteiger partial charge in [0.05, 0.1) is 15.6 Å². The lowest BCUT2D eigenvalue weighted by molar-refractivity contribution is -0.131. The summed E-state index contributed by atoms with van der Waals surface area (Å²) in [6.07, 6.45) is 0. The van der Waals surface area contributed by atoms with Gasteiger partial charge in [-0.15, -0.1) is 0 Å². The molecule has 0 aliphatic carbocycles. The van der Waals surface area contributed by atoms with Gasteiger partial charge in [0.25, 0.3) is 10.1 Å². The van der Waals surface area contributed by atoms with E-state index in [4.69, 9.17) is 20.9 Å². The van der Waals surface area contributed by atoms with Gasteiger partial charge in [-0.1, -0.05) is 11.6 Å². The van der Waals surface area contributed by atoms with Crippen molar-refractivity contribution in [2.75, 3.05) is 5.32 Å². The van der Waals surface area contributed by atoms with Crippen molar-refractivity contribution in [3.8, 4) is 5.75 Å². The van der Waals surface area contributed by atoms with E-state index >= 15 is 0 Å². The molecular formula is C10H10ClNO6S. The van der Waals surface area contributed by atoms with Gasteiger partial charge in [0.15, 0.2) is 5.75 Å². The minimum atomic E-state index is -4.51. The van der Waals surface area contributed by atoms with Crippen LogP contribution in [0.2, 0.25) is 5.02 Å². The molecule has 19 heavy (non-hydrogen) atoms. The number of carbonyl (C=O) groups is 2. The Morgan fingerprint density at radius 1 is 1.32 bits per heavy atom. The highest BCUT2D eigenvalue weighted by atomic mass is 35.5. The van der Waals surface area contributed by atoms with Crippen LogP contribution in [0, 0.1) is 0 Å². The second-order valence-electron chi connectivity index (χ2n) is 3.53. The summed E-state index contributed by atoms with van der Waals surface area (Å²) in [6, 6.07) is 1.83. The van der Waals surface area contributed by atoms with Crippen LogP contribution < -0.4 is 10.1 Å². The molecule has 2 N–H and O–H groups in total. The largest absolute Gasteiger partial charge is 0.423 e. The predicted octanol–water partition coefficient (Wildman–Crippen LogP) is 1.47. The van der Waals surface area contributed by atoms with Crippen LogP contribution in [0.4, 0.5) is 5.69 Å². The monoisotopic (exact) mass is 307 g/mol. The van der Waals surface area contributed by atoms with Gasteiger partial charge in [-0.3, -0.25) is 14.1 Å². The Kier molecular flexibility index (Phi) is 4.51. The van der Waals surface area contributed by atoms with Crippen molar-refractivity contribution in [1.82, 2.24) is 0 Å². The summed E-state index contributed by atoms with van der Waals surface area (Å²) >= 11 is 5.76. The third-order valence-electron chi connectivity index (χ3n) is 1.87. The number of hydrogen-bond donors (Lipinski definition) is 2. The molecule has 104 valence electrons. The third-order valence-corrected chi connectivity index (χ3v) is 2.98. The van der Waals surface area contributed by atoms with E-state index in [1.165, 1.54) is 6.92 Å². The van der Waals surface area contributed by atoms with Crippen LogP contribution in [0.5, 0.6) is 5.75 Å². The average molecular weight is 308 g/mol. The fourth-order valence-corrected chi connectivity index (χ4v) is 2.10. The van der Waals surface area contributed by atoms with E-state index in [-0.39, 0.29) is 16.5 Å². The van der Waals surface area contributed by atoms with Gasteiger partial charge in [0.1, 0.15) is 0 Å². The molecule has 0 aliphatic heterocycles. The fourth-order valence-electron chi connectivity index (χ4n) is 1.25. The average Bonchev–Trinajstić information content (AvgIpc) is 2.20. The molecule has 0 heterocycles. The van der Waals surface area contributed by atoms with Crippen LogP contribution in [0.1, 0.15) is 13.8 Å². The minimum Gasteiger partial charge on any atom is -0.423 e. The molecule has 1 aromatic rings. The molecule has 0 saturated carbocycles. The quantitative estimate of drug-likeness (QED) is 0.497. The maximum absolute atomic E-state index is 11.0. The Bertz CT molecular complexity index is 640. The Hall–Kier alpha value is -1.64. The summed E-state index contributed by atoms with van der Waals surface area (Å²) in [4.78, 5) is 21.4. The highest BCUT2D eigenvalue weighted by Crippen LogP contribution is 2.36. The Balaban J connectivity index is 3.46. The van der Waals surface area contributed by atoms with Crippen LogP contribution in [-0.2, 0) is 19.7 Å². The van der Waals surface area contributed by atoms with E-state index < -0.39 is 26.9 Å². The van der Waals surface area contributed by atoms with E-state index in [0.717, 1.165) is 19.1 Å². The summed E-state index contributed by atoms with van der Waals surface area (Å²) < 4.78 is 35.8. The number of esters is 1. The summed E-state index contributed by atoms with van der Waals surface area (Å²) in [6.45, 7) is 2.29. The number of rotatable bonds is 3. The van der Waals surface area contributed by atoms with Crippen LogP contribution in [0.15, 0.2) is 17.0 Å². The second kappa shape index (κ2) is 5.55. The van der Waals surface area contributed by atoms with Crippen molar-refractivity contribution in [3.05, 3.63) is 17.2 Å². The number of benzene rings is 1. The minimum absolute atomic E-state index is 0.136. The van der Waals surface area contributed by atoms with Crippen molar-refractivity contribution < 1.29 is 27.3 Å². The normalized spacial score (nSPS) is 10.9. The number of halogens is 1. The number of anilines is 1. The van der Waals surface area contributed by atoms with Crippen molar-refractivity contribution >= 4 is 39.3 Å². The zero-order valence-corrected chi connectivity index (χ0v) is 11.5. The predicted molar refractivity (Wildman–Crippen MR) is 66.9 cm³/mol. The summed E-state index contributed by atoms with van der Waals surface area (Å²) in [5, 5.41) is 2.01. The first-order valence-corrected chi connectivity index (χ1v) is 6.70. The number of nitrogens with one attached hydrogen (secondary N) is 1. The van der Waals surface area contributed by atoms with Gasteiger partial charge >= 0.3 is 5.97 Å². The van der Waals surface area contributed by atoms with E-state index in [1.807, 2.05) is 0 Å². The smallest absolute Gasteiger partial charge is 0.308 e. The molecule has 0 fully saturated rings. The van der Waals surface area contributed by atoms with Gasteiger partial charge in [0.2, 0.25) is 5.91 Å². The lowest BCUT2D eigenvalue weighted by Gasteiger charge is -2.12. The molecule has 1 amide bonds. The topological polar surface area (TPSA) is 110 Å². The van der Waals surface area contributed by atoms with Crippen LogP contribution in [-0.4, -0.2) is 24.8 Å². The maximum Gasteiger partial charge on any atom is 0.308 e. The Morgan fingerprint density at radius 2 is 1.89 bits per heavy atom. The fraction of sp³-hybridized carbons (Fsp3) is 0.200. The summed E-state index contributed by atoms with van der Waals surface area (Å²) in [7, 11) is -4.51. The van der Waals surface area contributed by atoms with E-state index in [0.29, 0.717) is 0 Å². The molecule has 0 saturated heterocycles. The lowest BCUT2D eigenvalue weighted by Crippen LogP contribution is -2.11. The molecular weight excluding hydrogens is 298 g/mol. The van der Waals surface area contributed by atoms with E-state index in [9.17, 15) is 18.0 Å². The highest BCUT2D eigenvalue weighted by Gasteiger charge is 2.19. The van der Waals surface area contributed by atoms with Crippen molar-refractivity contribution in [3.63, 3.8) is 0 Å². The van der Waals surface area contributed by atoms with Crippen molar-refractivity contribution in [1.29, 1.82) is 0 Å². The maximum atomic E-state index is 11.0. The number of amides is 1. The molecule has 0 radical (unpaired) electrons. The summed E-state index contributed by atoms with van der Waals surface area (Å²) in [5.74, 6) is -1.43. The van der Waals surface area contributed by atoms with Crippen molar-refractivity contribution in [2.24, 2.45) is 0 Å². The van der Waals surface area contributed by atoms with Gasteiger partial charge in [0, 0.05) is 13.8 Å². The van der Waals surface area contributed by atoms with Crippen LogP contribution in [0.3, 0.4) is 0 Å². The van der Waals surface area contributed by atoms with E-state index in [2.05, 4.69) is 5.32 Å². The molecule has 1 aromatic carbocycles. The second-order valence-corrected chi connectivity index (χ2v) is 5.36. The van der Waals surface area contributed by atoms with E-state index in [1.54, 1.807) is 0 Å². The molecule has 0 bridgehead atoms. The Morgan fingerprint density at radius 3 is 2.32 bits per heavy atom.